The second-order valence-corrected chi connectivity index (χ2v) is 7.89. The maximum Gasteiger partial charge on any atom is 0.261 e. The van der Waals surface area contributed by atoms with Gasteiger partial charge in [-0.05, 0) is 53.1 Å². The zero-order chi connectivity index (χ0) is 20.9. The van der Waals surface area contributed by atoms with Crippen LogP contribution in [0, 0.1) is 0 Å². The number of fused-ring (bicyclic) bond motifs is 1. The van der Waals surface area contributed by atoms with E-state index in [0.717, 1.165) is 35.1 Å². The molecule has 0 radical (unpaired) electrons. The van der Waals surface area contributed by atoms with E-state index in [9.17, 15) is 9.59 Å². The monoisotopic (exact) mass is 423 g/mol. The summed E-state index contributed by atoms with van der Waals surface area (Å²) in [6.45, 7) is 0.998. The molecule has 1 aromatic heterocycles. The van der Waals surface area contributed by atoms with Gasteiger partial charge in [0.05, 0.1) is 24.8 Å². The van der Waals surface area contributed by atoms with Crippen molar-refractivity contribution >= 4 is 23.6 Å². The zero-order valence-electron chi connectivity index (χ0n) is 16.5. The molecule has 0 spiro atoms. The highest BCUT2D eigenvalue weighted by atomic mass is 32.2. The SMILES string of the molecule is COc1ccc(Cn2nnnc2SCCCCN2C(=O)c3ccccc3C2=O)cc1. The van der Waals surface area contributed by atoms with Crippen molar-refractivity contribution in [2.45, 2.75) is 24.5 Å². The van der Waals surface area contributed by atoms with Crippen molar-refractivity contribution in [1.29, 1.82) is 0 Å². The summed E-state index contributed by atoms with van der Waals surface area (Å²) in [7, 11) is 1.64. The maximum absolute atomic E-state index is 12.4. The first kappa shape index (κ1) is 20.1. The van der Waals surface area contributed by atoms with Crippen LogP contribution < -0.4 is 4.74 Å². The lowest BCUT2D eigenvalue weighted by molar-refractivity contribution is 0.0652. The largest absolute Gasteiger partial charge is 0.497 e. The van der Waals surface area contributed by atoms with Gasteiger partial charge in [0, 0.05) is 12.3 Å². The predicted molar refractivity (Wildman–Crippen MR) is 112 cm³/mol. The van der Waals surface area contributed by atoms with Crippen LogP contribution in [0.4, 0.5) is 0 Å². The van der Waals surface area contributed by atoms with E-state index in [1.807, 2.05) is 24.3 Å². The normalized spacial score (nSPS) is 13.0. The molecule has 1 aliphatic rings. The summed E-state index contributed by atoms with van der Waals surface area (Å²) < 4.78 is 6.94. The number of carbonyl (C=O) groups is 2. The summed E-state index contributed by atoms with van der Waals surface area (Å²) in [5.74, 6) is 1.20. The van der Waals surface area contributed by atoms with Crippen LogP contribution in [0.3, 0.4) is 0 Å². The van der Waals surface area contributed by atoms with E-state index in [-0.39, 0.29) is 11.8 Å². The van der Waals surface area contributed by atoms with E-state index in [1.165, 1.54) is 4.90 Å². The standard InChI is InChI=1S/C21H21N5O3S/c1-29-16-10-8-15(9-11-16)14-26-21(22-23-24-26)30-13-5-4-12-25-19(27)17-6-2-3-7-18(17)20(25)28/h2-3,6-11H,4-5,12-14H2,1H3. The lowest BCUT2D eigenvalue weighted by Gasteiger charge is -2.13. The molecular formula is C21H21N5O3S. The number of hydrogen-bond donors (Lipinski definition) is 0. The van der Waals surface area contributed by atoms with Gasteiger partial charge in [-0.1, -0.05) is 36.0 Å². The summed E-state index contributed by atoms with van der Waals surface area (Å²) in [6, 6.07) is 14.7. The average Bonchev–Trinajstić information content (AvgIpc) is 3.31. The second-order valence-electron chi connectivity index (χ2n) is 6.83. The van der Waals surface area contributed by atoms with Crippen LogP contribution in [0.15, 0.2) is 53.7 Å². The summed E-state index contributed by atoms with van der Waals surface area (Å²) >= 11 is 1.57. The third kappa shape index (κ3) is 4.20. The quantitative estimate of drug-likeness (QED) is 0.297. The number of nitrogens with zero attached hydrogens (tertiary/aromatic N) is 5. The molecule has 0 aliphatic carbocycles. The number of carbonyl (C=O) groups excluding carboxylic acids is 2. The van der Waals surface area contributed by atoms with Crippen molar-refractivity contribution in [3.05, 3.63) is 65.2 Å². The fourth-order valence-corrected chi connectivity index (χ4v) is 4.16. The fraction of sp³-hybridized carbons (Fsp3) is 0.286. The molecule has 0 unspecified atom stereocenters. The zero-order valence-corrected chi connectivity index (χ0v) is 17.3. The van der Waals surface area contributed by atoms with Crippen molar-refractivity contribution in [2.75, 3.05) is 19.4 Å². The third-order valence-corrected chi connectivity index (χ3v) is 5.92. The number of tetrazole rings is 1. The minimum atomic E-state index is -0.202. The Balaban J connectivity index is 1.24. The molecule has 2 heterocycles. The van der Waals surface area contributed by atoms with Crippen LogP contribution >= 0.6 is 11.8 Å². The number of thioether (sulfide) groups is 1. The van der Waals surface area contributed by atoms with Gasteiger partial charge < -0.3 is 4.74 Å². The van der Waals surface area contributed by atoms with Gasteiger partial charge in [-0.2, -0.15) is 0 Å². The Kier molecular flexibility index (Phi) is 6.08. The number of imide groups is 1. The van der Waals surface area contributed by atoms with Gasteiger partial charge in [-0.3, -0.25) is 14.5 Å². The molecule has 2 aromatic carbocycles. The van der Waals surface area contributed by atoms with Crippen LogP contribution in [0.2, 0.25) is 0 Å². The van der Waals surface area contributed by atoms with Gasteiger partial charge in [-0.25, -0.2) is 4.68 Å². The molecule has 1 aliphatic heterocycles. The lowest BCUT2D eigenvalue weighted by atomic mass is 10.1. The molecule has 9 heteroatoms. The van der Waals surface area contributed by atoms with Crippen molar-refractivity contribution in [2.24, 2.45) is 0 Å². The minimum Gasteiger partial charge on any atom is -0.497 e. The van der Waals surface area contributed by atoms with Gasteiger partial charge in [-0.15, -0.1) is 5.10 Å². The van der Waals surface area contributed by atoms with Crippen LogP contribution in [0.1, 0.15) is 39.1 Å². The van der Waals surface area contributed by atoms with E-state index in [1.54, 1.807) is 47.8 Å². The first-order valence-corrected chi connectivity index (χ1v) is 10.6. The van der Waals surface area contributed by atoms with E-state index in [2.05, 4.69) is 15.5 Å². The highest BCUT2D eigenvalue weighted by Crippen LogP contribution is 2.23. The van der Waals surface area contributed by atoms with Crippen molar-refractivity contribution in [3.63, 3.8) is 0 Å². The Morgan fingerprint density at radius 1 is 0.967 bits per heavy atom. The van der Waals surface area contributed by atoms with E-state index in [4.69, 9.17) is 4.74 Å². The predicted octanol–water partition coefficient (Wildman–Crippen LogP) is 2.90. The van der Waals surface area contributed by atoms with Gasteiger partial charge in [0.15, 0.2) is 0 Å². The van der Waals surface area contributed by atoms with Crippen LogP contribution in [-0.2, 0) is 6.54 Å². The third-order valence-electron chi connectivity index (χ3n) is 4.88. The number of amides is 2. The van der Waals surface area contributed by atoms with Crippen LogP contribution in [0.5, 0.6) is 5.75 Å². The number of hydrogen-bond acceptors (Lipinski definition) is 7. The van der Waals surface area contributed by atoms with E-state index >= 15 is 0 Å². The molecule has 154 valence electrons. The van der Waals surface area contributed by atoms with Crippen molar-refractivity contribution in [1.82, 2.24) is 25.1 Å². The van der Waals surface area contributed by atoms with Crippen molar-refractivity contribution < 1.29 is 14.3 Å². The van der Waals surface area contributed by atoms with Gasteiger partial charge in [0.1, 0.15) is 5.75 Å². The van der Waals surface area contributed by atoms with E-state index in [0.29, 0.717) is 24.2 Å². The summed E-state index contributed by atoms with van der Waals surface area (Å²) in [6.07, 6.45) is 1.58. The minimum absolute atomic E-state index is 0.202. The molecule has 30 heavy (non-hydrogen) atoms. The Hall–Kier alpha value is -3.20. The van der Waals surface area contributed by atoms with Gasteiger partial charge in [0.25, 0.3) is 11.8 Å². The first-order chi connectivity index (χ1) is 14.7. The number of methoxy groups -OCH3 is 1. The van der Waals surface area contributed by atoms with E-state index < -0.39 is 0 Å². The molecule has 4 rings (SSSR count). The highest BCUT2D eigenvalue weighted by molar-refractivity contribution is 7.99. The summed E-state index contributed by atoms with van der Waals surface area (Å²) in [4.78, 5) is 26.1. The molecule has 2 amide bonds. The molecule has 0 saturated heterocycles. The summed E-state index contributed by atoms with van der Waals surface area (Å²) in [5, 5.41) is 12.7. The number of ether oxygens (including phenoxy) is 1. The van der Waals surface area contributed by atoms with Gasteiger partial charge >= 0.3 is 0 Å². The smallest absolute Gasteiger partial charge is 0.261 e. The number of rotatable bonds is 9. The molecule has 0 bridgehead atoms. The topological polar surface area (TPSA) is 90.2 Å². The molecule has 0 atom stereocenters. The Labute approximate surface area is 178 Å². The first-order valence-electron chi connectivity index (χ1n) is 9.64. The Bertz CT molecular complexity index is 1020. The molecular weight excluding hydrogens is 402 g/mol. The van der Waals surface area contributed by atoms with Crippen molar-refractivity contribution in [3.8, 4) is 5.75 Å². The number of aromatic nitrogens is 4. The molecule has 0 N–H and O–H groups in total. The van der Waals surface area contributed by atoms with Gasteiger partial charge in [0.2, 0.25) is 5.16 Å². The van der Waals surface area contributed by atoms with Crippen LogP contribution in [-0.4, -0.2) is 56.3 Å². The molecule has 0 saturated carbocycles. The summed E-state index contributed by atoms with van der Waals surface area (Å²) in [5.41, 5.74) is 2.07. The molecule has 8 nitrogen and oxygen atoms in total. The fourth-order valence-electron chi connectivity index (χ4n) is 3.28. The lowest BCUT2D eigenvalue weighted by Crippen LogP contribution is -2.30. The molecule has 0 fully saturated rings. The average molecular weight is 423 g/mol. The maximum atomic E-state index is 12.4. The number of unbranched alkanes of at least 4 members (excludes halogenated alkanes) is 1. The van der Waals surface area contributed by atoms with Crippen LogP contribution in [0.25, 0.3) is 0 Å². The Morgan fingerprint density at radius 3 is 2.33 bits per heavy atom. The highest BCUT2D eigenvalue weighted by Gasteiger charge is 2.34. The Morgan fingerprint density at radius 2 is 1.67 bits per heavy atom. The molecule has 3 aromatic rings. The number of benzene rings is 2. The second kappa shape index (κ2) is 9.08.